The normalized spacial score (nSPS) is 16.9. The molecule has 0 spiro atoms. The predicted molar refractivity (Wildman–Crippen MR) is 121 cm³/mol. The minimum absolute atomic E-state index is 0.0247. The summed E-state index contributed by atoms with van der Waals surface area (Å²) in [6.45, 7) is 8.22. The van der Waals surface area contributed by atoms with Gasteiger partial charge in [0, 0.05) is 19.1 Å². The van der Waals surface area contributed by atoms with Gasteiger partial charge >= 0.3 is 6.09 Å². The van der Waals surface area contributed by atoms with E-state index in [9.17, 15) is 14.4 Å². The SMILES string of the molecule is CC(NC(=O)c1ccco1)C(=O)Nc1ccccc1NC1CCN(C(=O)OC(C)(C)C)C1. The molecule has 9 heteroatoms. The lowest BCUT2D eigenvalue weighted by molar-refractivity contribution is -0.117. The van der Waals surface area contributed by atoms with E-state index in [4.69, 9.17) is 9.15 Å². The Kier molecular flexibility index (Phi) is 7.07. The summed E-state index contributed by atoms with van der Waals surface area (Å²) in [5, 5.41) is 8.85. The number of carbonyl (C=O) groups is 3. The molecule has 1 aromatic heterocycles. The van der Waals surface area contributed by atoms with Crippen LogP contribution in [0, 0.1) is 0 Å². The minimum atomic E-state index is -0.769. The number of likely N-dealkylation sites (tertiary alicyclic amines) is 1. The highest BCUT2D eigenvalue weighted by Gasteiger charge is 2.30. The van der Waals surface area contributed by atoms with Crippen molar-refractivity contribution in [2.24, 2.45) is 0 Å². The number of para-hydroxylation sites is 2. The third-order valence-electron chi connectivity index (χ3n) is 4.87. The average molecular weight is 443 g/mol. The van der Waals surface area contributed by atoms with Crippen LogP contribution in [-0.2, 0) is 9.53 Å². The second-order valence-corrected chi connectivity index (χ2v) is 8.76. The van der Waals surface area contributed by atoms with E-state index in [1.807, 2.05) is 39.0 Å². The van der Waals surface area contributed by atoms with E-state index in [1.54, 1.807) is 24.0 Å². The second-order valence-electron chi connectivity index (χ2n) is 8.76. The molecule has 3 N–H and O–H groups in total. The smallest absolute Gasteiger partial charge is 0.410 e. The van der Waals surface area contributed by atoms with Gasteiger partial charge in [0.25, 0.3) is 5.91 Å². The molecule has 1 saturated heterocycles. The van der Waals surface area contributed by atoms with Crippen molar-refractivity contribution < 1.29 is 23.5 Å². The van der Waals surface area contributed by atoms with E-state index in [0.29, 0.717) is 18.8 Å². The zero-order valence-corrected chi connectivity index (χ0v) is 18.8. The van der Waals surface area contributed by atoms with E-state index >= 15 is 0 Å². The van der Waals surface area contributed by atoms with E-state index in [-0.39, 0.29) is 23.8 Å². The molecule has 2 aromatic rings. The molecular weight excluding hydrogens is 412 g/mol. The standard InChI is InChI=1S/C23H30N4O5/c1-15(24-21(29)19-10-7-13-31-19)20(28)26-18-9-6-5-8-17(18)25-16-11-12-27(14-16)22(30)32-23(2,3)4/h5-10,13,15-16,25H,11-12,14H2,1-4H3,(H,24,29)(H,26,28). The van der Waals surface area contributed by atoms with Gasteiger partial charge in [-0.25, -0.2) is 4.79 Å². The first-order valence-corrected chi connectivity index (χ1v) is 10.6. The third-order valence-corrected chi connectivity index (χ3v) is 4.87. The monoisotopic (exact) mass is 442 g/mol. The fraction of sp³-hybridized carbons (Fsp3) is 0.435. The number of nitrogens with zero attached hydrogens (tertiary/aromatic N) is 1. The summed E-state index contributed by atoms with van der Waals surface area (Å²) in [5.41, 5.74) is 0.788. The maximum atomic E-state index is 12.6. The number of anilines is 2. The Balaban J connectivity index is 1.57. The van der Waals surface area contributed by atoms with Crippen molar-refractivity contribution >= 4 is 29.3 Å². The molecule has 3 amide bonds. The number of rotatable bonds is 6. The molecule has 2 heterocycles. The van der Waals surface area contributed by atoms with Gasteiger partial charge < -0.3 is 30.0 Å². The number of furan rings is 1. The summed E-state index contributed by atoms with van der Waals surface area (Å²) in [7, 11) is 0. The molecule has 172 valence electrons. The summed E-state index contributed by atoms with van der Waals surface area (Å²) in [4.78, 5) is 38.7. The summed E-state index contributed by atoms with van der Waals surface area (Å²) < 4.78 is 10.5. The summed E-state index contributed by atoms with van der Waals surface area (Å²) in [6, 6.07) is 9.71. The predicted octanol–water partition coefficient (Wildman–Crippen LogP) is 3.46. The Morgan fingerprint density at radius 1 is 1.12 bits per heavy atom. The van der Waals surface area contributed by atoms with Crippen LogP contribution in [-0.4, -0.2) is 53.6 Å². The molecule has 0 radical (unpaired) electrons. The molecule has 9 nitrogen and oxygen atoms in total. The molecule has 0 saturated carbocycles. The van der Waals surface area contributed by atoms with Gasteiger partial charge in [-0.05, 0) is 58.4 Å². The molecule has 2 atom stereocenters. The molecule has 1 fully saturated rings. The van der Waals surface area contributed by atoms with Gasteiger partial charge in [-0.3, -0.25) is 9.59 Å². The average Bonchev–Trinajstić information content (AvgIpc) is 3.40. The highest BCUT2D eigenvalue weighted by atomic mass is 16.6. The first-order chi connectivity index (χ1) is 15.1. The topological polar surface area (TPSA) is 113 Å². The first kappa shape index (κ1) is 23.2. The largest absolute Gasteiger partial charge is 0.459 e. The highest BCUT2D eigenvalue weighted by molar-refractivity contribution is 6.01. The minimum Gasteiger partial charge on any atom is -0.459 e. The van der Waals surface area contributed by atoms with Crippen LogP contribution in [0.25, 0.3) is 0 Å². The summed E-state index contributed by atoms with van der Waals surface area (Å²) in [6.07, 6.45) is 1.83. The Hall–Kier alpha value is -3.49. The second kappa shape index (κ2) is 9.76. The quantitative estimate of drug-likeness (QED) is 0.632. The van der Waals surface area contributed by atoms with Crippen LogP contribution in [0.1, 0.15) is 44.7 Å². The van der Waals surface area contributed by atoms with E-state index in [1.165, 1.54) is 12.3 Å². The molecule has 32 heavy (non-hydrogen) atoms. The highest BCUT2D eigenvalue weighted by Crippen LogP contribution is 2.25. The Labute approximate surface area is 187 Å². The van der Waals surface area contributed by atoms with Crippen LogP contribution in [0.2, 0.25) is 0 Å². The van der Waals surface area contributed by atoms with Crippen molar-refractivity contribution in [1.29, 1.82) is 0 Å². The fourth-order valence-corrected chi connectivity index (χ4v) is 3.29. The third kappa shape index (κ3) is 6.26. The molecule has 2 unspecified atom stereocenters. The van der Waals surface area contributed by atoms with Gasteiger partial charge in [0.2, 0.25) is 5.91 Å². The van der Waals surface area contributed by atoms with Crippen LogP contribution >= 0.6 is 0 Å². The van der Waals surface area contributed by atoms with Gasteiger partial charge in [-0.2, -0.15) is 0 Å². The maximum absolute atomic E-state index is 12.6. The molecule has 1 aliphatic rings. The van der Waals surface area contributed by atoms with E-state index in [0.717, 1.165) is 12.1 Å². The van der Waals surface area contributed by atoms with Crippen molar-refractivity contribution in [3.63, 3.8) is 0 Å². The van der Waals surface area contributed by atoms with Crippen molar-refractivity contribution in [3.05, 3.63) is 48.4 Å². The Morgan fingerprint density at radius 2 is 1.84 bits per heavy atom. The zero-order chi connectivity index (χ0) is 23.3. The number of hydrogen-bond donors (Lipinski definition) is 3. The van der Waals surface area contributed by atoms with Gasteiger partial charge in [0.15, 0.2) is 5.76 Å². The number of benzene rings is 1. The van der Waals surface area contributed by atoms with Gasteiger partial charge in [-0.1, -0.05) is 12.1 Å². The zero-order valence-electron chi connectivity index (χ0n) is 18.8. The van der Waals surface area contributed by atoms with Crippen molar-refractivity contribution in [1.82, 2.24) is 10.2 Å². The van der Waals surface area contributed by atoms with Gasteiger partial charge in [-0.15, -0.1) is 0 Å². The Bertz CT molecular complexity index is 952. The molecule has 1 aliphatic heterocycles. The fourth-order valence-electron chi connectivity index (χ4n) is 3.29. The lowest BCUT2D eigenvalue weighted by Gasteiger charge is -2.24. The number of amides is 3. The van der Waals surface area contributed by atoms with Crippen molar-refractivity contribution in [3.8, 4) is 0 Å². The molecular formula is C23H30N4O5. The molecule has 3 rings (SSSR count). The molecule has 0 aliphatic carbocycles. The van der Waals surface area contributed by atoms with Crippen LogP contribution in [0.15, 0.2) is 47.1 Å². The number of hydrogen-bond acceptors (Lipinski definition) is 6. The van der Waals surface area contributed by atoms with E-state index in [2.05, 4.69) is 16.0 Å². The maximum Gasteiger partial charge on any atom is 0.410 e. The van der Waals surface area contributed by atoms with Crippen LogP contribution in [0.4, 0.5) is 16.2 Å². The lowest BCUT2D eigenvalue weighted by atomic mass is 10.2. The van der Waals surface area contributed by atoms with Gasteiger partial charge in [0.05, 0.1) is 17.6 Å². The van der Waals surface area contributed by atoms with Crippen LogP contribution in [0.5, 0.6) is 0 Å². The van der Waals surface area contributed by atoms with E-state index < -0.39 is 17.6 Å². The van der Waals surface area contributed by atoms with Crippen LogP contribution < -0.4 is 16.0 Å². The molecule has 0 bridgehead atoms. The van der Waals surface area contributed by atoms with Crippen molar-refractivity contribution in [2.45, 2.75) is 51.8 Å². The summed E-state index contributed by atoms with van der Waals surface area (Å²) in [5.74, 6) is -0.680. The van der Waals surface area contributed by atoms with Crippen LogP contribution in [0.3, 0.4) is 0 Å². The molecule has 1 aromatic carbocycles. The Morgan fingerprint density at radius 3 is 2.50 bits per heavy atom. The lowest BCUT2D eigenvalue weighted by Crippen LogP contribution is -2.41. The first-order valence-electron chi connectivity index (χ1n) is 10.6. The van der Waals surface area contributed by atoms with Crippen molar-refractivity contribution in [2.75, 3.05) is 23.7 Å². The summed E-state index contributed by atoms with van der Waals surface area (Å²) >= 11 is 0. The number of carbonyl (C=O) groups excluding carboxylic acids is 3. The number of nitrogens with one attached hydrogen (secondary N) is 3. The number of ether oxygens (including phenoxy) is 1. The van der Waals surface area contributed by atoms with Gasteiger partial charge in [0.1, 0.15) is 11.6 Å².